The molecule has 6 nitrogen and oxygen atoms in total. The minimum absolute atomic E-state index is 0.155. The first-order chi connectivity index (χ1) is 19.3. The highest BCUT2D eigenvalue weighted by Gasteiger charge is 2.26. The molecule has 1 amide bonds. The quantitative estimate of drug-likeness (QED) is 0.192. The van der Waals surface area contributed by atoms with Crippen molar-refractivity contribution in [3.63, 3.8) is 0 Å². The predicted octanol–water partition coefficient (Wildman–Crippen LogP) is 6.97. The average Bonchev–Trinajstić information content (AvgIpc) is 3.39. The number of hydrogen-bond donors (Lipinski definition) is 0. The SMILES string of the molecule is CCN(Cc1ccccc1)S(=O)(=O)c1ccc(C(=O)N(Cc2ccccc2)c2nc3c(C)cc(C)cc3s2)cc1. The zero-order valence-corrected chi connectivity index (χ0v) is 24.4. The van der Waals surface area contributed by atoms with Gasteiger partial charge in [-0.2, -0.15) is 4.31 Å². The molecule has 204 valence electrons. The van der Waals surface area contributed by atoms with E-state index in [9.17, 15) is 13.2 Å². The van der Waals surface area contributed by atoms with Crippen LogP contribution < -0.4 is 4.90 Å². The lowest BCUT2D eigenvalue weighted by Crippen LogP contribution is -2.31. The maximum atomic E-state index is 13.9. The summed E-state index contributed by atoms with van der Waals surface area (Å²) in [5.74, 6) is -0.238. The highest BCUT2D eigenvalue weighted by Crippen LogP contribution is 2.33. The number of rotatable bonds is 9. The molecule has 0 saturated heterocycles. The maximum absolute atomic E-state index is 13.9. The van der Waals surface area contributed by atoms with E-state index in [2.05, 4.69) is 12.1 Å². The van der Waals surface area contributed by atoms with Crippen molar-refractivity contribution in [1.29, 1.82) is 0 Å². The number of thiazole rings is 1. The van der Waals surface area contributed by atoms with Crippen LogP contribution in [0.2, 0.25) is 0 Å². The fourth-order valence-electron chi connectivity index (χ4n) is 4.69. The monoisotopic (exact) mass is 569 g/mol. The Hall–Kier alpha value is -3.85. The van der Waals surface area contributed by atoms with Gasteiger partial charge in [-0.1, -0.05) is 85.0 Å². The first kappa shape index (κ1) is 27.7. The Morgan fingerprint density at radius 2 is 1.43 bits per heavy atom. The number of benzene rings is 4. The summed E-state index contributed by atoms with van der Waals surface area (Å²) in [5.41, 5.74) is 5.38. The van der Waals surface area contributed by atoms with Gasteiger partial charge < -0.3 is 0 Å². The van der Waals surface area contributed by atoms with Gasteiger partial charge in [0.15, 0.2) is 5.13 Å². The lowest BCUT2D eigenvalue weighted by Gasteiger charge is -2.22. The Morgan fingerprint density at radius 1 is 0.825 bits per heavy atom. The molecule has 0 spiro atoms. The number of carbonyl (C=O) groups excluding carboxylic acids is 1. The minimum atomic E-state index is -3.74. The number of carbonyl (C=O) groups is 1. The standard InChI is InChI=1S/C32H31N3O3S2/c1-4-34(21-25-11-7-5-8-12-25)40(37,38)28-17-15-27(16-18-28)31(36)35(22-26-13-9-6-10-14-26)32-33-30-24(3)19-23(2)20-29(30)39-32/h5-20H,4,21-22H2,1-3H3. The number of fused-ring (bicyclic) bond motifs is 1. The van der Waals surface area contributed by atoms with Crippen LogP contribution in [0.25, 0.3) is 10.2 Å². The van der Waals surface area contributed by atoms with Gasteiger partial charge in [-0.3, -0.25) is 9.69 Å². The topological polar surface area (TPSA) is 70.6 Å². The summed E-state index contributed by atoms with van der Waals surface area (Å²) in [6.07, 6.45) is 0. The van der Waals surface area contributed by atoms with Gasteiger partial charge in [0.25, 0.3) is 5.91 Å². The fraction of sp³-hybridized carbons (Fsp3) is 0.188. The highest BCUT2D eigenvalue weighted by molar-refractivity contribution is 7.89. The van der Waals surface area contributed by atoms with E-state index in [1.54, 1.807) is 17.0 Å². The van der Waals surface area contributed by atoms with Crippen LogP contribution in [0.1, 0.15) is 39.5 Å². The molecule has 40 heavy (non-hydrogen) atoms. The number of aryl methyl sites for hydroxylation is 2. The number of anilines is 1. The Balaban J connectivity index is 1.46. The van der Waals surface area contributed by atoms with Gasteiger partial charge in [-0.25, -0.2) is 13.4 Å². The summed E-state index contributed by atoms with van der Waals surface area (Å²) in [5, 5.41) is 0.606. The Labute approximate surface area is 239 Å². The normalized spacial score (nSPS) is 11.7. The molecule has 5 aromatic rings. The predicted molar refractivity (Wildman–Crippen MR) is 162 cm³/mol. The number of hydrogen-bond acceptors (Lipinski definition) is 5. The van der Waals surface area contributed by atoms with Crippen molar-refractivity contribution in [3.05, 3.63) is 125 Å². The Kier molecular flexibility index (Phi) is 8.12. The molecule has 0 fully saturated rings. The van der Waals surface area contributed by atoms with E-state index in [0.717, 1.165) is 32.5 Å². The van der Waals surface area contributed by atoms with Gasteiger partial charge in [0.05, 0.1) is 21.7 Å². The van der Waals surface area contributed by atoms with Crippen molar-refractivity contribution in [2.24, 2.45) is 0 Å². The van der Waals surface area contributed by atoms with Gasteiger partial charge >= 0.3 is 0 Å². The van der Waals surface area contributed by atoms with Crippen LogP contribution in [0.15, 0.2) is 102 Å². The van der Waals surface area contributed by atoms with Gasteiger partial charge in [-0.15, -0.1) is 0 Å². The lowest BCUT2D eigenvalue weighted by atomic mass is 10.1. The zero-order chi connectivity index (χ0) is 28.3. The molecular formula is C32H31N3O3S2. The van der Waals surface area contributed by atoms with Crippen molar-refractivity contribution in [1.82, 2.24) is 9.29 Å². The number of sulfonamides is 1. The second-order valence-electron chi connectivity index (χ2n) is 9.74. The molecule has 8 heteroatoms. The molecule has 0 aliphatic rings. The first-order valence-corrected chi connectivity index (χ1v) is 15.4. The van der Waals surface area contributed by atoms with Crippen LogP contribution in [-0.4, -0.2) is 30.2 Å². The smallest absolute Gasteiger partial charge is 0.260 e. The first-order valence-electron chi connectivity index (χ1n) is 13.1. The van der Waals surface area contributed by atoms with Crippen molar-refractivity contribution >= 4 is 42.6 Å². The third kappa shape index (κ3) is 5.84. The zero-order valence-electron chi connectivity index (χ0n) is 22.7. The molecule has 0 unspecified atom stereocenters. The van der Waals surface area contributed by atoms with Gasteiger partial charge in [0, 0.05) is 18.7 Å². The number of amides is 1. The molecule has 0 N–H and O–H groups in total. The summed E-state index contributed by atoms with van der Waals surface area (Å²) >= 11 is 1.48. The molecule has 1 heterocycles. The highest BCUT2D eigenvalue weighted by atomic mass is 32.2. The van der Waals surface area contributed by atoms with E-state index in [-0.39, 0.29) is 17.3 Å². The van der Waals surface area contributed by atoms with Crippen molar-refractivity contribution < 1.29 is 13.2 Å². The maximum Gasteiger partial charge on any atom is 0.260 e. The molecule has 0 saturated carbocycles. The van der Waals surface area contributed by atoms with Crippen LogP contribution in [0.3, 0.4) is 0 Å². The molecule has 0 aliphatic carbocycles. The number of nitrogens with zero attached hydrogens (tertiary/aromatic N) is 3. The van der Waals surface area contributed by atoms with E-state index >= 15 is 0 Å². The summed E-state index contributed by atoms with van der Waals surface area (Å²) in [6.45, 7) is 6.85. The van der Waals surface area contributed by atoms with E-state index in [4.69, 9.17) is 4.98 Å². The van der Waals surface area contributed by atoms with E-state index < -0.39 is 10.0 Å². The van der Waals surface area contributed by atoms with Crippen molar-refractivity contribution in [2.45, 2.75) is 38.8 Å². The lowest BCUT2D eigenvalue weighted by molar-refractivity contribution is 0.0985. The van der Waals surface area contributed by atoms with Crippen LogP contribution >= 0.6 is 11.3 Å². The fourth-order valence-corrected chi connectivity index (χ4v) is 7.27. The van der Waals surface area contributed by atoms with Crippen LogP contribution in [0.5, 0.6) is 0 Å². The Bertz CT molecular complexity index is 1730. The third-order valence-corrected chi connectivity index (χ3v) is 9.73. The summed E-state index contributed by atoms with van der Waals surface area (Å²) < 4.78 is 29.3. The summed E-state index contributed by atoms with van der Waals surface area (Å²) in [6, 6.07) is 29.7. The summed E-state index contributed by atoms with van der Waals surface area (Å²) in [7, 11) is -3.74. The molecule has 0 aliphatic heterocycles. The second kappa shape index (κ2) is 11.7. The Morgan fingerprint density at radius 3 is 2.02 bits per heavy atom. The minimum Gasteiger partial charge on any atom is -0.279 e. The van der Waals surface area contributed by atoms with Crippen molar-refractivity contribution in [2.75, 3.05) is 11.4 Å². The molecule has 1 aromatic heterocycles. The van der Waals surface area contributed by atoms with Crippen LogP contribution in [0, 0.1) is 13.8 Å². The molecule has 0 atom stereocenters. The summed E-state index contributed by atoms with van der Waals surface area (Å²) in [4.78, 5) is 20.6. The molecule has 5 rings (SSSR count). The van der Waals surface area contributed by atoms with E-state index in [1.165, 1.54) is 27.8 Å². The largest absolute Gasteiger partial charge is 0.279 e. The van der Waals surface area contributed by atoms with Crippen LogP contribution in [-0.2, 0) is 23.1 Å². The van der Waals surface area contributed by atoms with E-state index in [0.29, 0.717) is 23.8 Å². The van der Waals surface area contributed by atoms with Crippen LogP contribution in [0.4, 0.5) is 5.13 Å². The average molecular weight is 570 g/mol. The molecular weight excluding hydrogens is 539 g/mol. The molecule has 4 aromatic carbocycles. The molecule has 0 bridgehead atoms. The van der Waals surface area contributed by atoms with Gasteiger partial charge in [0.2, 0.25) is 10.0 Å². The van der Waals surface area contributed by atoms with Gasteiger partial charge in [-0.05, 0) is 66.4 Å². The van der Waals surface area contributed by atoms with Crippen molar-refractivity contribution in [3.8, 4) is 0 Å². The molecule has 0 radical (unpaired) electrons. The second-order valence-corrected chi connectivity index (χ2v) is 12.7. The third-order valence-electron chi connectivity index (χ3n) is 6.77. The van der Waals surface area contributed by atoms with E-state index in [1.807, 2.05) is 81.4 Å². The number of aromatic nitrogens is 1. The van der Waals surface area contributed by atoms with Gasteiger partial charge in [0.1, 0.15) is 0 Å².